The van der Waals surface area contributed by atoms with Crippen LogP contribution >= 0.6 is 11.8 Å². The average Bonchev–Trinajstić information content (AvgIpc) is 2.93. The Morgan fingerprint density at radius 2 is 2.15 bits per heavy atom. The normalized spacial score (nSPS) is 14.7. The molecule has 20 heavy (non-hydrogen) atoms. The fraction of sp³-hybridized carbons (Fsp3) is 0.231. The van der Waals surface area contributed by atoms with Crippen molar-refractivity contribution in [1.82, 2.24) is 4.90 Å². The number of amidine groups is 1. The Morgan fingerprint density at radius 1 is 1.45 bits per heavy atom. The molecule has 1 aromatic carbocycles. The van der Waals surface area contributed by atoms with E-state index in [1.54, 1.807) is 23.1 Å². The molecule has 0 spiro atoms. The van der Waals surface area contributed by atoms with Gasteiger partial charge in [-0.2, -0.15) is 0 Å². The number of non-ortho nitro benzene ring substituents is 1. The molecule has 0 radical (unpaired) electrons. The van der Waals surface area contributed by atoms with Gasteiger partial charge >= 0.3 is 0 Å². The van der Waals surface area contributed by atoms with Crippen LogP contribution in [0.25, 0.3) is 6.08 Å². The van der Waals surface area contributed by atoms with E-state index in [4.69, 9.17) is 0 Å². The summed E-state index contributed by atoms with van der Waals surface area (Å²) in [6.07, 6.45) is 4.98. The highest BCUT2D eigenvalue weighted by molar-refractivity contribution is 8.13. The van der Waals surface area contributed by atoms with Crippen molar-refractivity contribution in [3.63, 3.8) is 0 Å². The van der Waals surface area contributed by atoms with E-state index in [0.717, 1.165) is 10.7 Å². The van der Waals surface area contributed by atoms with Gasteiger partial charge in [0.05, 0.1) is 11.5 Å². The minimum absolute atomic E-state index is 0.0322. The molecule has 7 heteroatoms. The lowest BCUT2D eigenvalue weighted by Gasteiger charge is -2.13. The fourth-order valence-corrected chi connectivity index (χ4v) is 2.39. The number of amides is 1. The Kier molecular flexibility index (Phi) is 4.52. The Balaban J connectivity index is 2.04. The van der Waals surface area contributed by atoms with E-state index in [-0.39, 0.29) is 11.6 Å². The molecular weight excluding hydrogens is 278 g/mol. The number of carbonyl (C=O) groups excluding carboxylic acids is 1. The summed E-state index contributed by atoms with van der Waals surface area (Å²) >= 11 is 1.44. The quantitative estimate of drug-likeness (QED) is 0.486. The maximum Gasteiger partial charge on any atom is 0.269 e. The molecule has 0 saturated heterocycles. The third-order valence-corrected chi connectivity index (χ3v) is 3.49. The summed E-state index contributed by atoms with van der Waals surface area (Å²) in [7, 11) is 0. The number of nitro benzene ring substituents is 1. The van der Waals surface area contributed by atoms with Crippen molar-refractivity contribution < 1.29 is 9.72 Å². The van der Waals surface area contributed by atoms with E-state index >= 15 is 0 Å². The van der Waals surface area contributed by atoms with Crippen LogP contribution < -0.4 is 0 Å². The maximum atomic E-state index is 12.0. The minimum atomic E-state index is -0.454. The van der Waals surface area contributed by atoms with Gasteiger partial charge in [-0.25, -0.2) is 0 Å². The van der Waals surface area contributed by atoms with Crippen molar-refractivity contribution in [2.24, 2.45) is 4.99 Å². The van der Waals surface area contributed by atoms with Crippen LogP contribution in [0.1, 0.15) is 5.56 Å². The van der Waals surface area contributed by atoms with Crippen molar-refractivity contribution in [3.8, 4) is 0 Å². The second kappa shape index (κ2) is 6.33. The summed E-state index contributed by atoms with van der Waals surface area (Å²) in [5.41, 5.74) is 0.774. The van der Waals surface area contributed by atoms with Gasteiger partial charge in [0, 0.05) is 24.8 Å². The molecular formula is C13H13N3O3S. The molecule has 0 unspecified atom stereocenters. The van der Waals surface area contributed by atoms with Gasteiger partial charge in [0.15, 0.2) is 5.17 Å². The average molecular weight is 291 g/mol. The van der Waals surface area contributed by atoms with Gasteiger partial charge in [-0.3, -0.25) is 24.8 Å². The van der Waals surface area contributed by atoms with Crippen LogP contribution in [0, 0.1) is 10.1 Å². The van der Waals surface area contributed by atoms with Crippen LogP contribution in [0.15, 0.2) is 35.3 Å². The van der Waals surface area contributed by atoms with Crippen LogP contribution in [-0.2, 0) is 4.79 Å². The smallest absolute Gasteiger partial charge is 0.269 e. The lowest BCUT2D eigenvalue weighted by atomic mass is 10.2. The highest BCUT2D eigenvalue weighted by atomic mass is 32.2. The molecule has 0 aromatic heterocycles. The Bertz CT molecular complexity index is 581. The largest absolute Gasteiger partial charge is 0.286 e. The van der Waals surface area contributed by atoms with Crippen LogP contribution in [0.3, 0.4) is 0 Å². The first-order valence-corrected chi connectivity index (χ1v) is 7.17. The zero-order valence-corrected chi connectivity index (χ0v) is 11.7. The standard InChI is InChI=1S/C13H13N3O3S/c1-20-13-14-8-9-15(13)12(17)7-4-10-2-5-11(6-3-10)16(18)19/h2-7H,8-9H2,1H3. The number of aliphatic imine (C=N–C) groups is 1. The summed E-state index contributed by atoms with van der Waals surface area (Å²) in [6.45, 7) is 1.23. The van der Waals surface area contributed by atoms with Gasteiger partial charge in [-0.05, 0) is 30.0 Å². The first-order valence-electron chi connectivity index (χ1n) is 5.94. The lowest BCUT2D eigenvalue weighted by molar-refractivity contribution is -0.384. The first-order chi connectivity index (χ1) is 9.61. The van der Waals surface area contributed by atoms with Crippen LogP contribution in [0.2, 0.25) is 0 Å². The molecule has 104 valence electrons. The van der Waals surface area contributed by atoms with Crippen molar-refractivity contribution in [2.45, 2.75) is 0 Å². The molecule has 0 bridgehead atoms. The number of nitro groups is 1. The van der Waals surface area contributed by atoms with Crippen molar-refractivity contribution in [3.05, 3.63) is 46.0 Å². The zero-order chi connectivity index (χ0) is 14.5. The molecule has 0 saturated carbocycles. The molecule has 0 N–H and O–H groups in total. The van der Waals surface area contributed by atoms with Gasteiger partial charge in [0.2, 0.25) is 0 Å². The summed E-state index contributed by atoms with van der Waals surface area (Å²) < 4.78 is 0. The van der Waals surface area contributed by atoms with Gasteiger partial charge in [0.1, 0.15) is 0 Å². The summed E-state index contributed by atoms with van der Waals surface area (Å²) in [5.74, 6) is -0.131. The van der Waals surface area contributed by atoms with Gasteiger partial charge < -0.3 is 0 Å². The van der Waals surface area contributed by atoms with E-state index in [9.17, 15) is 14.9 Å². The van der Waals surface area contributed by atoms with E-state index in [0.29, 0.717) is 13.1 Å². The zero-order valence-electron chi connectivity index (χ0n) is 10.9. The van der Waals surface area contributed by atoms with Crippen molar-refractivity contribution in [1.29, 1.82) is 0 Å². The van der Waals surface area contributed by atoms with E-state index in [2.05, 4.69) is 4.99 Å². The van der Waals surface area contributed by atoms with Crippen LogP contribution in [-0.4, -0.2) is 40.2 Å². The van der Waals surface area contributed by atoms with Crippen molar-refractivity contribution in [2.75, 3.05) is 19.3 Å². The second-order valence-electron chi connectivity index (χ2n) is 4.04. The Morgan fingerprint density at radius 3 is 2.75 bits per heavy atom. The second-order valence-corrected chi connectivity index (χ2v) is 4.81. The third-order valence-electron chi connectivity index (χ3n) is 2.77. The van der Waals surface area contributed by atoms with Crippen molar-refractivity contribution >= 4 is 34.6 Å². The molecule has 1 amide bonds. The number of rotatable bonds is 3. The summed E-state index contributed by atoms with van der Waals surface area (Å²) in [5, 5.41) is 11.3. The summed E-state index contributed by atoms with van der Waals surface area (Å²) in [6, 6.07) is 6.04. The molecule has 0 atom stereocenters. The van der Waals surface area contributed by atoms with Crippen LogP contribution in [0.4, 0.5) is 5.69 Å². The molecule has 0 fully saturated rings. The van der Waals surface area contributed by atoms with Gasteiger partial charge in [0.25, 0.3) is 11.6 Å². The summed E-state index contributed by atoms with van der Waals surface area (Å²) in [4.78, 5) is 27.9. The lowest BCUT2D eigenvalue weighted by Crippen LogP contribution is -2.30. The number of carbonyl (C=O) groups is 1. The molecule has 1 aliphatic heterocycles. The van der Waals surface area contributed by atoms with Crippen LogP contribution in [0.5, 0.6) is 0 Å². The Labute approximate surface area is 120 Å². The molecule has 1 aromatic rings. The number of hydrogen-bond acceptors (Lipinski definition) is 5. The fourth-order valence-electron chi connectivity index (χ4n) is 1.77. The predicted octanol–water partition coefficient (Wildman–Crippen LogP) is 2.17. The highest BCUT2D eigenvalue weighted by Gasteiger charge is 2.20. The van der Waals surface area contributed by atoms with E-state index in [1.807, 2.05) is 6.26 Å². The molecule has 1 aliphatic rings. The third kappa shape index (κ3) is 3.24. The highest BCUT2D eigenvalue weighted by Crippen LogP contribution is 2.15. The number of hydrogen-bond donors (Lipinski definition) is 0. The number of nitrogens with zero attached hydrogens (tertiary/aromatic N) is 3. The van der Waals surface area contributed by atoms with Gasteiger partial charge in [-0.1, -0.05) is 11.8 Å². The van der Waals surface area contributed by atoms with E-state index < -0.39 is 4.92 Å². The Hall–Kier alpha value is -2.15. The molecule has 6 nitrogen and oxygen atoms in total. The topological polar surface area (TPSA) is 75.8 Å². The number of thioether (sulfide) groups is 1. The maximum absolute atomic E-state index is 12.0. The predicted molar refractivity (Wildman–Crippen MR) is 79.7 cm³/mol. The SMILES string of the molecule is CSC1=NCCN1C(=O)C=Cc1ccc([N+](=O)[O-])cc1. The number of benzene rings is 1. The van der Waals surface area contributed by atoms with Gasteiger partial charge in [-0.15, -0.1) is 0 Å². The molecule has 1 heterocycles. The molecule has 0 aliphatic carbocycles. The first kappa shape index (κ1) is 14.3. The monoisotopic (exact) mass is 291 g/mol. The minimum Gasteiger partial charge on any atom is -0.286 e. The molecule has 2 rings (SSSR count). The van der Waals surface area contributed by atoms with E-state index in [1.165, 1.54) is 30.0 Å².